The van der Waals surface area contributed by atoms with Crippen LogP contribution in [0.15, 0.2) is 28.9 Å². The van der Waals surface area contributed by atoms with Crippen LogP contribution in [0.5, 0.6) is 0 Å². The summed E-state index contributed by atoms with van der Waals surface area (Å²) in [5, 5.41) is 1.87. The highest BCUT2D eigenvalue weighted by molar-refractivity contribution is 6.32. The number of furan rings is 1. The zero-order valence-electron chi connectivity index (χ0n) is 8.64. The molecule has 1 heterocycles. The van der Waals surface area contributed by atoms with Crippen molar-refractivity contribution in [3.05, 3.63) is 52.7 Å². The first kappa shape index (κ1) is 12.5. The molecule has 0 atom stereocenters. The van der Waals surface area contributed by atoms with E-state index in [1.54, 1.807) is 0 Å². The highest BCUT2D eigenvalue weighted by Gasteiger charge is 2.16. The lowest BCUT2D eigenvalue weighted by molar-refractivity contribution is 0.102. The second-order valence-electron chi connectivity index (χ2n) is 3.31. The Morgan fingerprint density at radius 1 is 1.17 bits per heavy atom. The van der Waals surface area contributed by atoms with Gasteiger partial charge in [0, 0.05) is 12.1 Å². The molecule has 1 amide bonds. The van der Waals surface area contributed by atoms with Crippen LogP contribution in [0.3, 0.4) is 0 Å². The number of hydrogen-bond acceptors (Lipinski definition) is 2. The predicted octanol–water partition coefficient (Wildman–Crippen LogP) is 3.60. The average Bonchev–Trinajstić information content (AvgIpc) is 2.72. The molecule has 1 aromatic heterocycles. The van der Waals surface area contributed by atoms with E-state index in [0.717, 1.165) is 0 Å². The molecule has 0 radical (unpaired) electrons. The lowest BCUT2D eigenvalue weighted by Gasteiger charge is -2.05. The van der Waals surface area contributed by atoms with Crippen molar-refractivity contribution in [1.29, 1.82) is 0 Å². The van der Waals surface area contributed by atoms with Gasteiger partial charge in [-0.1, -0.05) is 0 Å². The van der Waals surface area contributed by atoms with E-state index < -0.39 is 29.0 Å². The van der Waals surface area contributed by atoms with E-state index >= 15 is 0 Å². The second-order valence-corrected chi connectivity index (χ2v) is 3.65. The molecule has 0 aliphatic heterocycles. The summed E-state index contributed by atoms with van der Waals surface area (Å²) >= 11 is 5.54. The Kier molecular flexibility index (Phi) is 3.29. The Balaban J connectivity index is 2.28. The minimum atomic E-state index is -1.34. The summed E-state index contributed by atoms with van der Waals surface area (Å²) in [5.41, 5.74) is -0.531. The molecule has 0 saturated carbocycles. The van der Waals surface area contributed by atoms with E-state index in [2.05, 4.69) is 9.73 Å². The van der Waals surface area contributed by atoms with Crippen LogP contribution in [0.4, 0.5) is 18.9 Å². The molecule has 0 saturated heterocycles. The Labute approximate surface area is 104 Å². The van der Waals surface area contributed by atoms with Crippen molar-refractivity contribution in [1.82, 2.24) is 0 Å². The van der Waals surface area contributed by atoms with E-state index in [1.165, 1.54) is 12.3 Å². The number of carbonyl (C=O) groups excluding carboxylic acids is 1. The molecule has 7 heteroatoms. The standard InChI is InChI=1S/C11H5ClF3NO2/c12-10-5(1-2-18-10)11(17)16-9-4-7(14)6(13)3-8(9)15/h1-4H,(H,16,17). The van der Waals surface area contributed by atoms with Crippen LogP contribution in [-0.2, 0) is 0 Å². The quantitative estimate of drug-likeness (QED) is 0.851. The molecule has 0 bridgehead atoms. The summed E-state index contributed by atoms with van der Waals surface area (Å²) in [7, 11) is 0. The number of carbonyl (C=O) groups is 1. The molecule has 0 unspecified atom stereocenters. The molecule has 0 aliphatic carbocycles. The van der Waals surface area contributed by atoms with Crippen LogP contribution in [0.25, 0.3) is 0 Å². The van der Waals surface area contributed by atoms with Crippen molar-refractivity contribution in [2.75, 3.05) is 5.32 Å². The van der Waals surface area contributed by atoms with Crippen molar-refractivity contribution in [2.45, 2.75) is 0 Å². The SMILES string of the molecule is O=C(Nc1cc(F)c(F)cc1F)c1ccoc1Cl. The van der Waals surface area contributed by atoms with Gasteiger partial charge in [-0.2, -0.15) is 0 Å². The van der Waals surface area contributed by atoms with Gasteiger partial charge >= 0.3 is 0 Å². The topological polar surface area (TPSA) is 42.2 Å². The first-order valence-corrected chi connectivity index (χ1v) is 5.05. The summed E-state index contributed by atoms with van der Waals surface area (Å²) in [6.07, 6.45) is 1.17. The normalized spacial score (nSPS) is 10.4. The van der Waals surface area contributed by atoms with Gasteiger partial charge in [-0.15, -0.1) is 0 Å². The van der Waals surface area contributed by atoms with Gasteiger partial charge in [0.2, 0.25) is 5.22 Å². The fourth-order valence-corrected chi connectivity index (χ4v) is 1.46. The fraction of sp³-hybridized carbons (Fsp3) is 0. The number of amides is 1. The lowest BCUT2D eigenvalue weighted by atomic mass is 10.2. The summed E-state index contributed by atoms with van der Waals surface area (Å²) in [5.74, 6) is -4.50. The summed E-state index contributed by atoms with van der Waals surface area (Å²) in [6.45, 7) is 0. The maximum atomic E-state index is 13.3. The summed E-state index contributed by atoms with van der Waals surface area (Å²) in [6, 6.07) is 2.13. The first-order chi connectivity index (χ1) is 8.49. The average molecular weight is 276 g/mol. The predicted molar refractivity (Wildman–Crippen MR) is 58.0 cm³/mol. The monoisotopic (exact) mass is 275 g/mol. The fourth-order valence-electron chi connectivity index (χ4n) is 1.26. The lowest BCUT2D eigenvalue weighted by Crippen LogP contribution is -2.13. The molecule has 2 rings (SSSR count). The van der Waals surface area contributed by atoms with Gasteiger partial charge in [-0.05, 0) is 17.7 Å². The number of hydrogen-bond donors (Lipinski definition) is 1. The van der Waals surface area contributed by atoms with Crippen LogP contribution in [0.1, 0.15) is 10.4 Å². The number of rotatable bonds is 2. The molecular weight excluding hydrogens is 271 g/mol. The second kappa shape index (κ2) is 4.73. The van der Waals surface area contributed by atoms with Gasteiger partial charge in [0.1, 0.15) is 5.82 Å². The van der Waals surface area contributed by atoms with Gasteiger partial charge in [-0.25, -0.2) is 13.2 Å². The summed E-state index contributed by atoms with van der Waals surface area (Å²) in [4.78, 5) is 11.6. The van der Waals surface area contributed by atoms with Gasteiger partial charge in [-0.3, -0.25) is 4.79 Å². The third-order valence-electron chi connectivity index (χ3n) is 2.12. The maximum Gasteiger partial charge on any atom is 0.260 e. The Morgan fingerprint density at radius 3 is 2.44 bits per heavy atom. The van der Waals surface area contributed by atoms with Gasteiger partial charge in [0.25, 0.3) is 5.91 Å². The van der Waals surface area contributed by atoms with Crippen molar-refractivity contribution >= 4 is 23.2 Å². The van der Waals surface area contributed by atoms with Crippen LogP contribution in [0, 0.1) is 17.5 Å². The molecule has 1 N–H and O–H groups in total. The molecule has 2 aromatic rings. The van der Waals surface area contributed by atoms with Crippen molar-refractivity contribution in [2.24, 2.45) is 0 Å². The highest BCUT2D eigenvalue weighted by Crippen LogP contribution is 2.22. The van der Waals surface area contributed by atoms with E-state index in [0.29, 0.717) is 12.1 Å². The smallest absolute Gasteiger partial charge is 0.260 e. The third kappa shape index (κ3) is 2.33. The minimum Gasteiger partial charge on any atom is -0.452 e. The van der Waals surface area contributed by atoms with Crippen LogP contribution in [0.2, 0.25) is 5.22 Å². The van der Waals surface area contributed by atoms with Gasteiger partial charge in [0.05, 0.1) is 17.5 Å². The maximum absolute atomic E-state index is 13.3. The van der Waals surface area contributed by atoms with E-state index in [-0.39, 0.29) is 10.8 Å². The molecule has 0 aliphatic rings. The highest BCUT2D eigenvalue weighted by atomic mass is 35.5. The van der Waals surface area contributed by atoms with Crippen molar-refractivity contribution in [3.8, 4) is 0 Å². The molecule has 1 aromatic carbocycles. The molecular formula is C11H5ClF3NO2. The van der Waals surface area contributed by atoms with Crippen molar-refractivity contribution in [3.63, 3.8) is 0 Å². The Hall–Kier alpha value is -1.95. The minimum absolute atomic E-state index is 0.0409. The van der Waals surface area contributed by atoms with E-state index in [4.69, 9.17) is 11.6 Å². The number of halogens is 4. The Bertz CT molecular complexity index is 612. The third-order valence-corrected chi connectivity index (χ3v) is 2.41. The molecule has 3 nitrogen and oxygen atoms in total. The molecule has 18 heavy (non-hydrogen) atoms. The van der Waals surface area contributed by atoms with Gasteiger partial charge < -0.3 is 9.73 Å². The number of nitrogens with one attached hydrogen (secondary N) is 1. The van der Waals surface area contributed by atoms with E-state index in [1.807, 2.05) is 0 Å². The first-order valence-electron chi connectivity index (χ1n) is 4.68. The largest absolute Gasteiger partial charge is 0.452 e. The van der Waals surface area contributed by atoms with Crippen LogP contribution < -0.4 is 5.32 Å². The molecule has 0 fully saturated rings. The zero-order chi connectivity index (χ0) is 13.3. The summed E-state index contributed by atoms with van der Waals surface area (Å²) < 4.78 is 43.5. The zero-order valence-corrected chi connectivity index (χ0v) is 9.39. The van der Waals surface area contributed by atoms with Crippen LogP contribution >= 0.6 is 11.6 Å². The van der Waals surface area contributed by atoms with Gasteiger partial charge in [0.15, 0.2) is 11.6 Å². The number of benzene rings is 1. The molecule has 0 spiro atoms. The number of anilines is 1. The molecule has 94 valence electrons. The Morgan fingerprint density at radius 2 is 1.83 bits per heavy atom. The van der Waals surface area contributed by atoms with Crippen molar-refractivity contribution < 1.29 is 22.4 Å². The van der Waals surface area contributed by atoms with Crippen LogP contribution in [-0.4, -0.2) is 5.91 Å². The van der Waals surface area contributed by atoms with E-state index in [9.17, 15) is 18.0 Å².